The van der Waals surface area contributed by atoms with Gasteiger partial charge in [-0.3, -0.25) is 14.5 Å². The molecule has 1 aliphatic heterocycles. The van der Waals surface area contributed by atoms with Crippen molar-refractivity contribution in [3.63, 3.8) is 0 Å². The minimum atomic E-state index is -0.881. The fourth-order valence-electron chi connectivity index (χ4n) is 3.42. The lowest BCUT2D eigenvalue weighted by molar-refractivity contribution is -0.129. The van der Waals surface area contributed by atoms with Gasteiger partial charge in [0.2, 0.25) is 0 Å². The minimum Gasteiger partial charge on any atom is -0.307 e. The summed E-state index contributed by atoms with van der Waals surface area (Å²) in [6.07, 6.45) is -0.140. The van der Waals surface area contributed by atoms with E-state index in [1.807, 2.05) is 51.1 Å². The van der Waals surface area contributed by atoms with Gasteiger partial charge >= 0.3 is 6.03 Å². The first-order valence-corrected chi connectivity index (χ1v) is 9.16. The Hall–Kier alpha value is -3.02. The molecule has 1 aliphatic rings. The Morgan fingerprint density at radius 1 is 1.00 bits per heavy atom. The van der Waals surface area contributed by atoms with Crippen LogP contribution in [0.15, 0.2) is 54.6 Å². The fourth-order valence-corrected chi connectivity index (χ4v) is 3.42. The predicted octanol–water partition coefficient (Wildman–Crippen LogP) is 4.03. The predicted molar refractivity (Wildman–Crippen MR) is 103 cm³/mol. The van der Waals surface area contributed by atoms with Crippen LogP contribution in [-0.4, -0.2) is 39.1 Å². The number of carbonyl (C=O) groups is 3. The van der Waals surface area contributed by atoms with E-state index in [-0.39, 0.29) is 24.7 Å². The molecule has 1 heterocycles. The van der Waals surface area contributed by atoms with E-state index in [1.54, 1.807) is 0 Å². The van der Waals surface area contributed by atoms with Crippen molar-refractivity contribution in [3.05, 3.63) is 71.5 Å². The maximum Gasteiger partial charge on any atom is 0.328 e. The monoisotopic (exact) mass is 382 g/mol. The zero-order valence-corrected chi connectivity index (χ0v) is 16.2. The van der Waals surface area contributed by atoms with Crippen LogP contribution in [0.5, 0.6) is 0 Å². The molecule has 146 valence electrons. The van der Waals surface area contributed by atoms with Crippen LogP contribution < -0.4 is 0 Å². The Bertz CT molecular complexity index is 888. The molecule has 28 heavy (non-hydrogen) atoms. The number of ketones is 1. The standard InChI is InChI=1S/C22H23FN2O3/c1-22(2,3)25-18(13-19(26)16-9-11-17(23)12-10-16)20(27)24(21(25)28)14-15-7-5-4-6-8-15/h4-12,18H,13-14H2,1-3H3. The summed E-state index contributed by atoms with van der Waals surface area (Å²) in [7, 11) is 0. The van der Waals surface area contributed by atoms with Crippen molar-refractivity contribution >= 4 is 17.7 Å². The highest BCUT2D eigenvalue weighted by Gasteiger charge is 2.49. The van der Waals surface area contributed by atoms with E-state index in [4.69, 9.17) is 0 Å². The van der Waals surface area contributed by atoms with Gasteiger partial charge in [0.1, 0.15) is 11.9 Å². The number of rotatable bonds is 5. The first-order valence-electron chi connectivity index (χ1n) is 9.16. The highest BCUT2D eigenvalue weighted by molar-refractivity contribution is 6.08. The second-order valence-electron chi connectivity index (χ2n) is 7.88. The molecule has 0 saturated carbocycles. The number of imide groups is 1. The van der Waals surface area contributed by atoms with Crippen LogP contribution in [0.1, 0.15) is 43.1 Å². The second-order valence-corrected chi connectivity index (χ2v) is 7.88. The van der Waals surface area contributed by atoms with Crippen molar-refractivity contribution in [3.8, 4) is 0 Å². The average Bonchev–Trinajstić information content (AvgIpc) is 2.87. The fraction of sp³-hybridized carbons (Fsp3) is 0.318. The zero-order chi connectivity index (χ0) is 20.5. The number of halogens is 1. The number of carbonyl (C=O) groups excluding carboxylic acids is 3. The molecular formula is C22H23FN2O3. The van der Waals surface area contributed by atoms with E-state index in [1.165, 1.54) is 34.1 Å². The third-order valence-electron chi connectivity index (χ3n) is 4.75. The van der Waals surface area contributed by atoms with Gasteiger partial charge < -0.3 is 4.90 Å². The molecule has 0 radical (unpaired) electrons. The zero-order valence-electron chi connectivity index (χ0n) is 16.2. The molecule has 1 saturated heterocycles. The summed E-state index contributed by atoms with van der Waals surface area (Å²) >= 11 is 0. The molecule has 1 fully saturated rings. The van der Waals surface area contributed by atoms with Crippen LogP contribution >= 0.6 is 0 Å². The first kappa shape index (κ1) is 19.7. The van der Waals surface area contributed by atoms with Crippen LogP contribution in [0, 0.1) is 5.82 Å². The maximum absolute atomic E-state index is 13.1. The van der Waals surface area contributed by atoms with Crippen molar-refractivity contribution in [1.29, 1.82) is 0 Å². The van der Waals surface area contributed by atoms with Crippen molar-refractivity contribution in [2.75, 3.05) is 0 Å². The average molecular weight is 382 g/mol. The third kappa shape index (κ3) is 3.96. The smallest absolute Gasteiger partial charge is 0.307 e. The van der Waals surface area contributed by atoms with E-state index in [0.29, 0.717) is 5.56 Å². The van der Waals surface area contributed by atoms with Crippen LogP contribution in [0.2, 0.25) is 0 Å². The Balaban J connectivity index is 1.86. The molecule has 3 amide bonds. The first-order chi connectivity index (χ1) is 13.2. The van der Waals surface area contributed by atoms with Gasteiger partial charge in [0.05, 0.1) is 6.54 Å². The molecule has 0 bridgehead atoms. The summed E-state index contributed by atoms with van der Waals surface area (Å²) in [4.78, 5) is 41.4. The van der Waals surface area contributed by atoms with E-state index >= 15 is 0 Å². The molecule has 6 heteroatoms. The number of benzene rings is 2. The van der Waals surface area contributed by atoms with Gasteiger partial charge in [-0.05, 0) is 50.6 Å². The molecule has 1 unspecified atom stereocenters. The van der Waals surface area contributed by atoms with Crippen LogP contribution in [-0.2, 0) is 11.3 Å². The Labute approximate surface area is 163 Å². The number of hydrogen-bond acceptors (Lipinski definition) is 3. The minimum absolute atomic E-state index is 0.140. The molecule has 2 aromatic rings. The topological polar surface area (TPSA) is 57.7 Å². The molecule has 0 aliphatic carbocycles. The number of hydrogen-bond donors (Lipinski definition) is 0. The van der Waals surface area contributed by atoms with Gasteiger partial charge in [-0.25, -0.2) is 9.18 Å². The largest absolute Gasteiger partial charge is 0.328 e. The summed E-state index contributed by atoms with van der Waals surface area (Å²) in [5.74, 6) is -1.13. The Morgan fingerprint density at radius 3 is 2.18 bits per heavy atom. The summed E-state index contributed by atoms with van der Waals surface area (Å²) in [6.45, 7) is 5.66. The number of amides is 3. The van der Waals surface area contributed by atoms with E-state index in [9.17, 15) is 18.8 Å². The summed E-state index contributed by atoms with van der Waals surface area (Å²) in [5, 5.41) is 0. The van der Waals surface area contributed by atoms with Gasteiger partial charge in [0, 0.05) is 17.5 Å². The SMILES string of the molecule is CC(C)(C)N1C(=O)N(Cc2ccccc2)C(=O)C1CC(=O)c1ccc(F)cc1. The van der Waals surface area contributed by atoms with Gasteiger partial charge in [-0.2, -0.15) is 0 Å². The van der Waals surface area contributed by atoms with Crippen molar-refractivity contribution in [2.24, 2.45) is 0 Å². The highest BCUT2D eigenvalue weighted by Crippen LogP contribution is 2.30. The molecule has 0 aromatic heterocycles. The lowest BCUT2D eigenvalue weighted by Gasteiger charge is -2.34. The molecule has 3 rings (SSSR count). The van der Waals surface area contributed by atoms with Crippen molar-refractivity contribution < 1.29 is 18.8 Å². The lowest BCUT2D eigenvalue weighted by atomic mass is 9.98. The van der Waals surface area contributed by atoms with Crippen molar-refractivity contribution in [2.45, 2.75) is 45.3 Å². The van der Waals surface area contributed by atoms with Crippen LogP contribution in [0.4, 0.5) is 9.18 Å². The molecule has 1 atom stereocenters. The van der Waals surface area contributed by atoms with Gasteiger partial charge in [0.15, 0.2) is 5.78 Å². The van der Waals surface area contributed by atoms with Gasteiger partial charge in [-0.15, -0.1) is 0 Å². The normalized spacial score (nSPS) is 17.4. The highest BCUT2D eigenvalue weighted by atomic mass is 19.1. The van der Waals surface area contributed by atoms with Gasteiger partial charge in [0.25, 0.3) is 5.91 Å². The molecule has 2 aromatic carbocycles. The van der Waals surface area contributed by atoms with Gasteiger partial charge in [-0.1, -0.05) is 30.3 Å². The Morgan fingerprint density at radius 2 is 1.61 bits per heavy atom. The number of nitrogens with zero attached hydrogens (tertiary/aromatic N) is 2. The maximum atomic E-state index is 13.1. The second kappa shape index (κ2) is 7.54. The third-order valence-corrected chi connectivity index (χ3v) is 4.75. The lowest BCUT2D eigenvalue weighted by Crippen LogP contribution is -2.49. The summed E-state index contributed by atoms with van der Waals surface area (Å²) in [6, 6.07) is 13.2. The Kier molecular flexibility index (Phi) is 5.31. The molecular weight excluding hydrogens is 359 g/mol. The summed E-state index contributed by atoms with van der Waals surface area (Å²) < 4.78 is 13.1. The number of Topliss-reactive ketones (excluding diaryl/α,β-unsaturated/α-hetero) is 1. The van der Waals surface area contributed by atoms with Crippen LogP contribution in [0.3, 0.4) is 0 Å². The molecule has 0 N–H and O–H groups in total. The van der Waals surface area contributed by atoms with Crippen molar-refractivity contribution in [1.82, 2.24) is 9.80 Å². The molecule has 5 nitrogen and oxygen atoms in total. The van der Waals surface area contributed by atoms with E-state index in [2.05, 4.69) is 0 Å². The summed E-state index contributed by atoms with van der Waals surface area (Å²) in [5.41, 5.74) is 0.520. The van der Waals surface area contributed by atoms with Crippen LogP contribution in [0.25, 0.3) is 0 Å². The van der Waals surface area contributed by atoms with E-state index < -0.39 is 23.4 Å². The molecule has 0 spiro atoms. The quantitative estimate of drug-likeness (QED) is 0.579. The number of urea groups is 1. The van der Waals surface area contributed by atoms with E-state index in [0.717, 1.165) is 5.56 Å².